The fourth-order valence-electron chi connectivity index (χ4n) is 4.00. The molecule has 0 aliphatic heterocycles. The van der Waals surface area contributed by atoms with Gasteiger partial charge in [-0.15, -0.1) is 4.52 Å². The van der Waals surface area contributed by atoms with Crippen LogP contribution in [0.25, 0.3) is 0 Å². The topological polar surface area (TPSA) is 93.1 Å². The van der Waals surface area contributed by atoms with Gasteiger partial charge in [-0.1, -0.05) is 111 Å². The molecule has 0 saturated heterocycles. The van der Waals surface area contributed by atoms with Gasteiger partial charge in [0.15, 0.2) is 0 Å². The summed E-state index contributed by atoms with van der Waals surface area (Å²) < 4.78 is 23.0. The number of carbonyl (C=O) groups is 1. The van der Waals surface area contributed by atoms with Crippen molar-refractivity contribution in [2.24, 2.45) is 0 Å². The maximum absolute atomic E-state index is 12.4. The standard InChI is InChI=1S/C27H53O6PS/c1-5-8-10-12-14-16-18-20-23-35-25(21-19-17-15-13-11-9-6-2)24(4)33-27(30,26(28)29)34(31)32-22-7-3/h24-25,30H,5-23H2,1-4H3/p+1. The van der Waals surface area contributed by atoms with Gasteiger partial charge < -0.3 is 10.2 Å². The SMILES string of the molecule is CCCCCCCCCCSC(CCCCCCCCC)C(C)OC(O)(C(=O)O)[P+](=O)OCCC. The fraction of sp³-hybridized carbons (Fsp3) is 0.963. The van der Waals surface area contributed by atoms with Crippen LogP contribution < -0.4 is 0 Å². The van der Waals surface area contributed by atoms with E-state index in [0.717, 1.165) is 31.4 Å². The van der Waals surface area contributed by atoms with Gasteiger partial charge in [-0.3, -0.25) is 4.74 Å². The summed E-state index contributed by atoms with van der Waals surface area (Å²) >= 11 is 1.79. The first kappa shape index (κ1) is 34.8. The van der Waals surface area contributed by atoms with E-state index >= 15 is 0 Å². The predicted octanol–water partition coefficient (Wildman–Crippen LogP) is 8.67. The zero-order chi connectivity index (χ0) is 26.4. The van der Waals surface area contributed by atoms with E-state index in [0.29, 0.717) is 6.42 Å². The van der Waals surface area contributed by atoms with E-state index < -0.39 is 25.6 Å². The van der Waals surface area contributed by atoms with Crippen LogP contribution in [0.2, 0.25) is 0 Å². The largest absolute Gasteiger partial charge is 0.589 e. The zero-order valence-corrected chi connectivity index (χ0v) is 24.7. The van der Waals surface area contributed by atoms with Crippen molar-refractivity contribution in [1.29, 1.82) is 0 Å². The lowest BCUT2D eigenvalue weighted by Gasteiger charge is -2.26. The molecule has 4 unspecified atom stereocenters. The first-order valence-electron chi connectivity index (χ1n) is 14.2. The highest BCUT2D eigenvalue weighted by molar-refractivity contribution is 7.99. The van der Waals surface area contributed by atoms with Crippen molar-refractivity contribution < 1.29 is 28.8 Å². The molecule has 8 heteroatoms. The van der Waals surface area contributed by atoms with E-state index in [1.54, 1.807) is 18.7 Å². The maximum Gasteiger partial charge on any atom is 0.589 e. The molecule has 4 atom stereocenters. The Kier molecular flexibility index (Phi) is 22.8. The third kappa shape index (κ3) is 17.0. The maximum atomic E-state index is 12.4. The first-order valence-corrected chi connectivity index (χ1v) is 16.4. The van der Waals surface area contributed by atoms with Crippen LogP contribution in [0.3, 0.4) is 0 Å². The minimum atomic E-state index is -2.91. The van der Waals surface area contributed by atoms with Gasteiger partial charge in [0.05, 0.1) is 6.10 Å². The Bertz CT molecular complexity index is 536. The lowest BCUT2D eigenvalue weighted by Crippen LogP contribution is -2.43. The number of hydrogen-bond donors (Lipinski definition) is 2. The minimum absolute atomic E-state index is 0.0376. The van der Waals surface area contributed by atoms with Crippen molar-refractivity contribution in [3.05, 3.63) is 0 Å². The summed E-state index contributed by atoms with van der Waals surface area (Å²) in [6.45, 7) is 8.17. The van der Waals surface area contributed by atoms with Gasteiger partial charge in [0.2, 0.25) is 0 Å². The van der Waals surface area contributed by atoms with E-state index in [1.807, 2.05) is 6.92 Å². The van der Waals surface area contributed by atoms with Crippen molar-refractivity contribution in [3.63, 3.8) is 0 Å². The Balaban J connectivity index is 4.77. The number of unbranched alkanes of at least 4 members (excludes halogenated alkanes) is 13. The molecule has 0 radical (unpaired) electrons. The molecule has 0 rings (SSSR count). The van der Waals surface area contributed by atoms with Gasteiger partial charge in [0, 0.05) is 5.25 Å². The molecule has 0 bridgehead atoms. The Morgan fingerprint density at radius 1 is 0.829 bits per heavy atom. The van der Waals surface area contributed by atoms with Gasteiger partial charge >= 0.3 is 19.5 Å². The van der Waals surface area contributed by atoms with Crippen molar-refractivity contribution in [2.45, 2.75) is 154 Å². The van der Waals surface area contributed by atoms with Crippen LogP contribution in [-0.2, 0) is 18.6 Å². The number of rotatable bonds is 26. The van der Waals surface area contributed by atoms with Gasteiger partial charge in [-0.05, 0) is 36.5 Å². The number of aliphatic hydroxyl groups is 1. The highest BCUT2D eigenvalue weighted by Crippen LogP contribution is 2.42. The molecular formula is C27H54O6PS+. The molecule has 2 N–H and O–H groups in total. The van der Waals surface area contributed by atoms with E-state index in [-0.39, 0.29) is 11.9 Å². The summed E-state index contributed by atoms with van der Waals surface area (Å²) in [4.78, 5) is 11.8. The van der Waals surface area contributed by atoms with Gasteiger partial charge in [0.1, 0.15) is 6.61 Å². The molecule has 0 fully saturated rings. The monoisotopic (exact) mass is 537 g/mol. The molecule has 35 heavy (non-hydrogen) atoms. The van der Waals surface area contributed by atoms with Crippen molar-refractivity contribution in [1.82, 2.24) is 0 Å². The second kappa shape index (κ2) is 23.0. The number of ether oxygens (including phenoxy) is 1. The summed E-state index contributed by atoms with van der Waals surface area (Å²) in [6, 6.07) is 0. The normalized spacial score (nSPS) is 15.5. The first-order chi connectivity index (χ1) is 16.8. The minimum Gasteiger partial charge on any atom is -0.474 e. The van der Waals surface area contributed by atoms with Crippen molar-refractivity contribution in [3.8, 4) is 0 Å². The van der Waals surface area contributed by atoms with E-state index in [2.05, 4.69) is 13.8 Å². The van der Waals surface area contributed by atoms with Crippen LogP contribution in [0.15, 0.2) is 0 Å². The summed E-state index contributed by atoms with van der Waals surface area (Å²) in [7, 11) is -2.91. The van der Waals surface area contributed by atoms with Crippen LogP contribution in [0.5, 0.6) is 0 Å². The average Bonchev–Trinajstić information content (AvgIpc) is 2.83. The van der Waals surface area contributed by atoms with Gasteiger partial charge in [0.25, 0.3) is 0 Å². The predicted molar refractivity (Wildman–Crippen MR) is 148 cm³/mol. The van der Waals surface area contributed by atoms with Crippen LogP contribution in [-0.4, -0.2) is 45.4 Å². The lowest BCUT2D eigenvalue weighted by molar-refractivity contribution is -0.203. The highest BCUT2D eigenvalue weighted by Gasteiger charge is 2.61. The number of carboxylic acids is 1. The molecule has 0 saturated carbocycles. The third-order valence-corrected chi connectivity index (χ3v) is 9.01. The number of carboxylic acid groups (broad SMARTS) is 1. The van der Waals surface area contributed by atoms with E-state index in [4.69, 9.17) is 9.26 Å². The molecule has 0 aromatic heterocycles. The summed E-state index contributed by atoms with van der Waals surface area (Å²) in [5, 5.41) is 20.2. The number of hydrogen-bond acceptors (Lipinski definition) is 6. The average molecular weight is 538 g/mol. The molecule has 0 aromatic rings. The molecule has 0 amide bonds. The quantitative estimate of drug-likeness (QED) is 0.0647. The van der Waals surface area contributed by atoms with Crippen LogP contribution in [0.4, 0.5) is 0 Å². The third-order valence-electron chi connectivity index (χ3n) is 6.23. The zero-order valence-electron chi connectivity index (χ0n) is 23.0. The van der Waals surface area contributed by atoms with Crippen LogP contribution >= 0.6 is 19.8 Å². The fourth-order valence-corrected chi connectivity index (χ4v) is 6.26. The molecular weight excluding hydrogens is 483 g/mol. The number of aliphatic carboxylic acids is 1. The Morgan fingerprint density at radius 2 is 1.31 bits per heavy atom. The Hall–Kier alpha value is -0.200. The molecule has 0 aromatic carbocycles. The molecule has 0 aliphatic carbocycles. The van der Waals surface area contributed by atoms with Crippen molar-refractivity contribution >= 4 is 25.8 Å². The summed E-state index contributed by atoms with van der Waals surface area (Å²) in [6.07, 6.45) is 19.5. The molecule has 0 spiro atoms. The van der Waals surface area contributed by atoms with Crippen molar-refractivity contribution in [2.75, 3.05) is 12.4 Å². The van der Waals surface area contributed by atoms with E-state index in [1.165, 1.54) is 77.0 Å². The Morgan fingerprint density at radius 3 is 1.80 bits per heavy atom. The molecule has 0 heterocycles. The number of thioether (sulfide) groups is 1. The smallest absolute Gasteiger partial charge is 0.474 e. The van der Waals surface area contributed by atoms with Crippen LogP contribution in [0, 0.1) is 0 Å². The van der Waals surface area contributed by atoms with E-state index in [9.17, 15) is 19.6 Å². The second-order valence-corrected chi connectivity index (χ2v) is 12.3. The lowest BCUT2D eigenvalue weighted by atomic mass is 10.1. The van der Waals surface area contributed by atoms with Gasteiger partial charge in [-0.25, -0.2) is 4.79 Å². The molecule has 0 aliphatic rings. The summed E-state index contributed by atoms with van der Waals surface area (Å²) in [5.41, 5.74) is -2.82. The molecule has 6 nitrogen and oxygen atoms in total. The second-order valence-electron chi connectivity index (χ2n) is 9.62. The summed E-state index contributed by atoms with van der Waals surface area (Å²) in [5.74, 6) is -0.683. The molecule has 208 valence electrons. The highest BCUT2D eigenvalue weighted by atomic mass is 32.2. The Labute approximate surface area is 220 Å². The van der Waals surface area contributed by atoms with Crippen LogP contribution in [0.1, 0.15) is 137 Å². The van der Waals surface area contributed by atoms with Gasteiger partial charge in [-0.2, -0.15) is 11.8 Å².